The van der Waals surface area contributed by atoms with Crippen molar-refractivity contribution in [2.75, 3.05) is 13.7 Å². The maximum absolute atomic E-state index is 11.9. The maximum atomic E-state index is 11.9. The van der Waals surface area contributed by atoms with Crippen LogP contribution in [-0.2, 0) is 14.3 Å². The highest BCUT2D eigenvalue weighted by molar-refractivity contribution is 5.78. The van der Waals surface area contributed by atoms with Crippen LogP contribution in [0.4, 0.5) is 0 Å². The molecule has 0 aliphatic heterocycles. The number of hydrogen-bond donors (Lipinski definition) is 0. The Morgan fingerprint density at radius 3 is 2.44 bits per heavy atom. The van der Waals surface area contributed by atoms with Gasteiger partial charge in [0, 0.05) is 19.0 Å². The summed E-state index contributed by atoms with van der Waals surface area (Å²) in [6, 6.07) is 0.371. The molecular formula is C12H21NO3. The molecule has 1 aliphatic rings. The van der Waals surface area contributed by atoms with Crippen LogP contribution in [0.25, 0.3) is 0 Å². The minimum absolute atomic E-state index is 0.168. The van der Waals surface area contributed by atoms with E-state index >= 15 is 0 Å². The predicted octanol–water partition coefficient (Wildman–Crippen LogP) is 1.59. The Balaban J connectivity index is 2.41. The summed E-state index contributed by atoms with van der Waals surface area (Å²) in [5.41, 5.74) is 0. The Labute approximate surface area is 96.9 Å². The van der Waals surface area contributed by atoms with Gasteiger partial charge < -0.3 is 9.64 Å². The molecule has 4 nitrogen and oxygen atoms in total. The number of esters is 1. The van der Waals surface area contributed by atoms with Crippen LogP contribution in [0, 0.1) is 5.92 Å². The van der Waals surface area contributed by atoms with Gasteiger partial charge in [0.15, 0.2) is 0 Å². The molecule has 0 radical (unpaired) electrons. The van der Waals surface area contributed by atoms with E-state index in [0.29, 0.717) is 31.3 Å². The minimum atomic E-state index is -0.247. The number of ether oxygens (including phenoxy) is 1. The lowest BCUT2D eigenvalue weighted by molar-refractivity contribution is -0.142. The number of hydrogen-bond acceptors (Lipinski definition) is 3. The number of nitrogens with zero attached hydrogens (tertiary/aromatic N) is 1. The van der Waals surface area contributed by atoms with Crippen LogP contribution < -0.4 is 0 Å². The molecule has 0 unspecified atom stereocenters. The van der Waals surface area contributed by atoms with Crippen molar-refractivity contribution >= 4 is 11.9 Å². The first-order valence-corrected chi connectivity index (χ1v) is 5.91. The van der Waals surface area contributed by atoms with Crippen molar-refractivity contribution in [3.63, 3.8) is 0 Å². The predicted molar refractivity (Wildman–Crippen MR) is 60.8 cm³/mol. The zero-order valence-corrected chi connectivity index (χ0v) is 10.4. The molecular weight excluding hydrogens is 206 g/mol. The van der Waals surface area contributed by atoms with Crippen LogP contribution in [-0.4, -0.2) is 36.5 Å². The highest BCUT2D eigenvalue weighted by Gasteiger charge is 2.32. The van der Waals surface area contributed by atoms with Crippen molar-refractivity contribution in [2.45, 2.75) is 45.6 Å². The molecule has 0 N–H and O–H groups in total. The Morgan fingerprint density at radius 1 is 1.38 bits per heavy atom. The summed E-state index contributed by atoms with van der Waals surface area (Å²) in [6.45, 7) is 4.56. The Hall–Kier alpha value is -1.06. The summed E-state index contributed by atoms with van der Waals surface area (Å²) in [5, 5.41) is 0. The second kappa shape index (κ2) is 5.87. The third-order valence-electron chi connectivity index (χ3n) is 2.68. The third-order valence-corrected chi connectivity index (χ3v) is 2.68. The number of rotatable bonds is 6. The van der Waals surface area contributed by atoms with Gasteiger partial charge in [0.1, 0.15) is 0 Å². The molecule has 92 valence electrons. The van der Waals surface area contributed by atoms with Gasteiger partial charge in [0.05, 0.1) is 13.5 Å². The summed E-state index contributed by atoms with van der Waals surface area (Å²) >= 11 is 0. The SMILES string of the molecule is COC(=O)CCN(C(=O)CC(C)C)C1CC1. The van der Waals surface area contributed by atoms with Gasteiger partial charge in [-0.2, -0.15) is 0 Å². The first-order valence-electron chi connectivity index (χ1n) is 5.91. The van der Waals surface area contributed by atoms with Crippen LogP contribution in [0.3, 0.4) is 0 Å². The van der Waals surface area contributed by atoms with Crippen molar-refractivity contribution in [1.82, 2.24) is 4.90 Å². The van der Waals surface area contributed by atoms with E-state index in [4.69, 9.17) is 0 Å². The third kappa shape index (κ3) is 4.21. The van der Waals surface area contributed by atoms with Crippen molar-refractivity contribution in [3.05, 3.63) is 0 Å². The van der Waals surface area contributed by atoms with Crippen molar-refractivity contribution in [3.8, 4) is 0 Å². The normalized spacial score (nSPS) is 15.0. The van der Waals surface area contributed by atoms with E-state index in [9.17, 15) is 9.59 Å². The molecule has 0 aromatic rings. The molecule has 0 aromatic carbocycles. The quantitative estimate of drug-likeness (QED) is 0.647. The van der Waals surface area contributed by atoms with Gasteiger partial charge in [-0.1, -0.05) is 13.8 Å². The fourth-order valence-corrected chi connectivity index (χ4v) is 1.68. The average Bonchev–Trinajstić information content (AvgIpc) is 3.00. The average molecular weight is 227 g/mol. The molecule has 16 heavy (non-hydrogen) atoms. The lowest BCUT2D eigenvalue weighted by atomic mass is 10.1. The monoisotopic (exact) mass is 227 g/mol. The van der Waals surface area contributed by atoms with Crippen LogP contribution in [0.15, 0.2) is 0 Å². The molecule has 0 saturated heterocycles. The van der Waals surface area contributed by atoms with E-state index in [0.717, 1.165) is 12.8 Å². The van der Waals surface area contributed by atoms with Crippen LogP contribution in [0.2, 0.25) is 0 Å². The van der Waals surface area contributed by atoms with Gasteiger partial charge >= 0.3 is 5.97 Å². The number of amides is 1. The summed E-state index contributed by atoms with van der Waals surface area (Å²) in [4.78, 5) is 24.8. The summed E-state index contributed by atoms with van der Waals surface area (Å²) in [6.07, 6.45) is 3.02. The highest BCUT2D eigenvalue weighted by atomic mass is 16.5. The second-order valence-corrected chi connectivity index (χ2v) is 4.74. The van der Waals surface area contributed by atoms with E-state index in [2.05, 4.69) is 4.74 Å². The molecule has 1 amide bonds. The molecule has 1 saturated carbocycles. The van der Waals surface area contributed by atoms with Gasteiger partial charge in [-0.15, -0.1) is 0 Å². The largest absolute Gasteiger partial charge is 0.469 e. The first kappa shape index (κ1) is 13.0. The Bertz CT molecular complexity index is 259. The van der Waals surface area contributed by atoms with E-state index in [1.807, 2.05) is 18.7 Å². The molecule has 0 atom stereocenters. The summed E-state index contributed by atoms with van der Waals surface area (Å²) < 4.78 is 4.58. The highest BCUT2D eigenvalue weighted by Crippen LogP contribution is 2.28. The minimum Gasteiger partial charge on any atom is -0.469 e. The molecule has 4 heteroatoms. The first-order chi connectivity index (χ1) is 7.54. The van der Waals surface area contributed by atoms with E-state index in [1.165, 1.54) is 7.11 Å². The van der Waals surface area contributed by atoms with Crippen LogP contribution in [0.5, 0.6) is 0 Å². The molecule has 0 bridgehead atoms. The van der Waals surface area contributed by atoms with Gasteiger partial charge in [-0.25, -0.2) is 0 Å². The maximum Gasteiger partial charge on any atom is 0.307 e. The summed E-state index contributed by atoms with van der Waals surface area (Å²) in [7, 11) is 1.37. The zero-order valence-electron chi connectivity index (χ0n) is 10.4. The zero-order chi connectivity index (χ0) is 12.1. The molecule has 0 spiro atoms. The van der Waals surface area contributed by atoms with Crippen LogP contribution in [0.1, 0.15) is 39.5 Å². The van der Waals surface area contributed by atoms with E-state index < -0.39 is 0 Å². The van der Waals surface area contributed by atoms with Gasteiger partial charge in [-0.3, -0.25) is 9.59 Å². The lowest BCUT2D eigenvalue weighted by Crippen LogP contribution is -2.35. The van der Waals surface area contributed by atoms with Crippen molar-refractivity contribution < 1.29 is 14.3 Å². The van der Waals surface area contributed by atoms with E-state index in [-0.39, 0.29) is 11.9 Å². The number of carbonyl (C=O) groups is 2. The smallest absolute Gasteiger partial charge is 0.307 e. The van der Waals surface area contributed by atoms with Crippen LogP contribution >= 0.6 is 0 Å². The Morgan fingerprint density at radius 2 is 2.00 bits per heavy atom. The molecule has 1 rings (SSSR count). The fraction of sp³-hybridized carbons (Fsp3) is 0.833. The lowest BCUT2D eigenvalue weighted by Gasteiger charge is -2.22. The number of methoxy groups -OCH3 is 1. The van der Waals surface area contributed by atoms with Gasteiger partial charge in [0.2, 0.25) is 5.91 Å². The van der Waals surface area contributed by atoms with Crippen molar-refractivity contribution in [2.24, 2.45) is 5.92 Å². The van der Waals surface area contributed by atoms with Gasteiger partial charge in [-0.05, 0) is 18.8 Å². The second-order valence-electron chi connectivity index (χ2n) is 4.74. The molecule has 1 aliphatic carbocycles. The van der Waals surface area contributed by atoms with E-state index in [1.54, 1.807) is 0 Å². The number of carbonyl (C=O) groups excluding carboxylic acids is 2. The Kier molecular flexibility index (Phi) is 4.77. The standard InChI is InChI=1S/C12H21NO3/c1-9(2)8-11(14)13(10-4-5-10)7-6-12(15)16-3/h9-10H,4-8H2,1-3H3. The van der Waals surface area contributed by atoms with Crippen molar-refractivity contribution in [1.29, 1.82) is 0 Å². The van der Waals surface area contributed by atoms with Gasteiger partial charge in [0.25, 0.3) is 0 Å². The molecule has 1 fully saturated rings. The fourth-order valence-electron chi connectivity index (χ4n) is 1.68. The molecule has 0 aromatic heterocycles. The molecule has 0 heterocycles. The topological polar surface area (TPSA) is 46.6 Å². The summed E-state index contributed by atoms with van der Waals surface area (Å²) in [5.74, 6) is 0.288.